The molecule has 6 heteroatoms. The molecule has 6 atom stereocenters. The lowest BCUT2D eigenvalue weighted by molar-refractivity contribution is 0.00578. The van der Waals surface area contributed by atoms with Gasteiger partial charge in [-0.2, -0.15) is 0 Å². The summed E-state index contributed by atoms with van der Waals surface area (Å²) in [6.07, 6.45) is 5.66. The van der Waals surface area contributed by atoms with Gasteiger partial charge in [0, 0.05) is 16.7 Å². The van der Waals surface area contributed by atoms with E-state index in [4.69, 9.17) is 24.3 Å². The molecule has 0 radical (unpaired) electrons. The molecular weight excluding hydrogens is 589 g/mol. The predicted octanol–water partition coefficient (Wildman–Crippen LogP) is 10.5. The summed E-state index contributed by atoms with van der Waals surface area (Å²) in [5.41, 5.74) is 4.89. The average Bonchev–Trinajstić information content (AvgIpc) is 3.31. The maximum absolute atomic E-state index is 6.44. The number of rotatable bonds is 11. The molecule has 4 aromatic rings. The smallest absolute Gasteiger partial charge is 0.403 e. The molecule has 2 aliphatic rings. The Hall–Kier alpha value is -3.87. The highest BCUT2D eigenvalue weighted by Gasteiger charge is 2.54. The third kappa shape index (κ3) is 6.70. The third-order valence-electron chi connectivity index (χ3n) is 11.6. The molecule has 248 valence electrons. The van der Waals surface area contributed by atoms with Gasteiger partial charge in [-0.05, 0) is 86.7 Å². The first-order valence-electron chi connectivity index (χ1n) is 17.5. The second kappa shape index (κ2) is 13.6. The molecule has 5 nitrogen and oxygen atoms in total. The van der Waals surface area contributed by atoms with E-state index in [1.807, 2.05) is 60.7 Å². The van der Waals surface area contributed by atoms with Crippen molar-refractivity contribution in [2.75, 3.05) is 0 Å². The number of hydrogen-bond donors (Lipinski definition) is 0. The van der Waals surface area contributed by atoms with E-state index in [0.29, 0.717) is 47.1 Å². The summed E-state index contributed by atoms with van der Waals surface area (Å²) in [7, 11) is -0.193. The van der Waals surface area contributed by atoms with E-state index in [0.717, 1.165) is 23.1 Å². The molecule has 0 amide bonds. The number of benzene rings is 3. The van der Waals surface area contributed by atoms with Crippen LogP contribution in [0, 0.1) is 29.6 Å². The van der Waals surface area contributed by atoms with E-state index < -0.39 is 0 Å². The van der Waals surface area contributed by atoms with Gasteiger partial charge in [-0.1, -0.05) is 119 Å². The first-order valence-corrected chi connectivity index (χ1v) is 17.5. The summed E-state index contributed by atoms with van der Waals surface area (Å²) in [5.74, 6) is 4.54. The molecule has 0 bridgehead atoms. The van der Waals surface area contributed by atoms with Gasteiger partial charge in [0.1, 0.15) is 0 Å². The predicted molar refractivity (Wildman–Crippen MR) is 199 cm³/mol. The second-order valence-corrected chi connectivity index (χ2v) is 15.1. The molecule has 1 aliphatic carbocycles. The normalized spacial score (nSPS) is 21.4. The van der Waals surface area contributed by atoms with Gasteiger partial charge < -0.3 is 9.31 Å². The Kier molecular flexibility index (Phi) is 9.61. The van der Waals surface area contributed by atoms with Crippen molar-refractivity contribution < 1.29 is 9.31 Å². The second-order valence-electron chi connectivity index (χ2n) is 15.1. The number of allylic oxidation sites excluding steroid dienone is 3. The van der Waals surface area contributed by atoms with Gasteiger partial charge in [-0.15, -0.1) is 6.58 Å². The minimum Gasteiger partial charge on any atom is -0.403 e. The minimum atomic E-state index is -0.313. The number of aromatic nitrogens is 3. The lowest BCUT2D eigenvalue weighted by atomic mass is 9.59. The van der Waals surface area contributed by atoms with Gasteiger partial charge in [0.25, 0.3) is 0 Å². The van der Waals surface area contributed by atoms with Gasteiger partial charge in [0.15, 0.2) is 17.5 Å². The lowest BCUT2D eigenvalue weighted by Gasteiger charge is -2.40. The van der Waals surface area contributed by atoms with Crippen LogP contribution in [0.3, 0.4) is 0 Å². The Balaban J connectivity index is 1.20. The zero-order chi connectivity index (χ0) is 34.2. The van der Waals surface area contributed by atoms with E-state index >= 15 is 0 Å². The third-order valence-corrected chi connectivity index (χ3v) is 11.6. The molecule has 0 N–H and O–H groups in total. The summed E-state index contributed by atoms with van der Waals surface area (Å²) in [6.45, 7) is 22.3. The van der Waals surface area contributed by atoms with Crippen molar-refractivity contribution >= 4 is 12.7 Å². The monoisotopic (exact) mass is 639 g/mol. The fourth-order valence-electron chi connectivity index (χ4n) is 7.17. The minimum absolute atomic E-state index is 0.193. The first-order chi connectivity index (χ1) is 22.9. The summed E-state index contributed by atoms with van der Waals surface area (Å²) in [5, 5.41) is 0. The molecule has 6 rings (SSSR count). The highest BCUT2D eigenvalue weighted by Crippen LogP contribution is 2.48. The Morgan fingerprint density at radius 3 is 1.62 bits per heavy atom. The molecular formula is C42H50BN3O2. The van der Waals surface area contributed by atoms with Crippen molar-refractivity contribution in [3.63, 3.8) is 0 Å². The Morgan fingerprint density at radius 1 is 0.667 bits per heavy atom. The quantitative estimate of drug-likeness (QED) is 0.121. The van der Waals surface area contributed by atoms with Gasteiger partial charge >= 0.3 is 7.12 Å². The fourth-order valence-corrected chi connectivity index (χ4v) is 7.17. The maximum atomic E-state index is 6.44. The molecule has 1 aliphatic heterocycles. The van der Waals surface area contributed by atoms with Crippen molar-refractivity contribution in [1.29, 1.82) is 0 Å². The van der Waals surface area contributed by atoms with E-state index in [1.54, 1.807) is 0 Å². The van der Waals surface area contributed by atoms with Crippen LogP contribution in [0.4, 0.5) is 0 Å². The van der Waals surface area contributed by atoms with E-state index in [-0.39, 0.29) is 24.1 Å². The van der Waals surface area contributed by atoms with Crippen molar-refractivity contribution in [3.8, 4) is 34.2 Å². The lowest BCUT2D eigenvalue weighted by Crippen LogP contribution is -2.41. The molecule has 1 aromatic heterocycles. The Labute approximate surface area is 288 Å². The number of nitrogens with zero attached hydrogens (tertiary/aromatic N) is 3. The SMILES string of the molecule is C=C[C@@H](C1C=C(c2cccc(-c3nc(-c4ccccc4)nc(-c4ccccc4)n3)c2)C1)[C@H](C)[C@H](C)[C@@H](C)[C@H](C)B1OC(C)(C)C(C)(C)O1. The van der Waals surface area contributed by atoms with Crippen molar-refractivity contribution in [3.05, 3.63) is 109 Å². The topological polar surface area (TPSA) is 57.1 Å². The van der Waals surface area contributed by atoms with Crippen molar-refractivity contribution in [2.45, 2.75) is 78.8 Å². The van der Waals surface area contributed by atoms with Gasteiger partial charge in [-0.3, -0.25) is 0 Å². The summed E-state index contributed by atoms with van der Waals surface area (Å²) >= 11 is 0. The van der Waals surface area contributed by atoms with Crippen LogP contribution in [0.15, 0.2) is 104 Å². The largest absolute Gasteiger partial charge is 0.461 e. The zero-order valence-electron chi connectivity index (χ0n) is 29.9. The van der Waals surface area contributed by atoms with Crippen molar-refractivity contribution in [1.82, 2.24) is 15.0 Å². The van der Waals surface area contributed by atoms with Crippen LogP contribution in [0.5, 0.6) is 0 Å². The zero-order valence-corrected chi connectivity index (χ0v) is 29.9. The van der Waals surface area contributed by atoms with Crippen LogP contribution in [-0.2, 0) is 9.31 Å². The first kappa shape index (κ1) is 34.0. The van der Waals surface area contributed by atoms with Gasteiger partial charge in [0.2, 0.25) is 0 Å². The molecule has 3 aromatic carbocycles. The van der Waals surface area contributed by atoms with E-state index in [2.05, 4.69) is 98.4 Å². The standard InChI is InChI=1S/C42H50BN3O2/c1-10-37(29(4)27(2)28(3)30(5)43-47-41(6,7)42(8,9)48-43)36-25-35(26-36)33-22-17-23-34(24-33)40-45-38(31-18-13-11-14-19-31)44-39(46-40)32-20-15-12-16-21-32/h10-25,27-30,36-37H,1,26H2,2-9H3/t27-,28-,29-,30+,36?,37-/m1/s1. The molecule has 1 unspecified atom stereocenters. The van der Waals surface area contributed by atoms with Crippen LogP contribution >= 0.6 is 0 Å². The molecule has 1 fully saturated rings. The molecule has 0 spiro atoms. The Morgan fingerprint density at radius 2 is 1.12 bits per heavy atom. The molecule has 48 heavy (non-hydrogen) atoms. The van der Waals surface area contributed by atoms with Crippen LogP contribution in [0.2, 0.25) is 5.82 Å². The average molecular weight is 640 g/mol. The van der Waals surface area contributed by atoms with E-state index in [9.17, 15) is 0 Å². The van der Waals surface area contributed by atoms with Crippen LogP contribution in [0.1, 0.15) is 67.4 Å². The van der Waals surface area contributed by atoms with E-state index in [1.165, 1.54) is 11.1 Å². The Bertz CT molecular complexity index is 1700. The fraction of sp³-hybridized carbons (Fsp3) is 0.405. The summed E-state index contributed by atoms with van der Waals surface area (Å²) < 4.78 is 12.9. The van der Waals surface area contributed by atoms with Crippen LogP contribution in [0.25, 0.3) is 39.7 Å². The maximum Gasteiger partial charge on any atom is 0.461 e. The van der Waals surface area contributed by atoms with Gasteiger partial charge in [0.05, 0.1) is 11.2 Å². The highest BCUT2D eigenvalue weighted by molar-refractivity contribution is 6.47. The summed E-state index contributed by atoms with van der Waals surface area (Å²) in [4.78, 5) is 14.7. The molecule has 2 heterocycles. The molecule has 0 saturated carbocycles. The number of hydrogen-bond acceptors (Lipinski definition) is 5. The van der Waals surface area contributed by atoms with Gasteiger partial charge in [-0.25, -0.2) is 15.0 Å². The van der Waals surface area contributed by atoms with Crippen LogP contribution in [-0.4, -0.2) is 33.3 Å². The van der Waals surface area contributed by atoms with Crippen molar-refractivity contribution in [2.24, 2.45) is 29.6 Å². The highest BCUT2D eigenvalue weighted by atomic mass is 16.7. The summed E-state index contributed by atoms with van der Waals surface area (Å²) in [6, 6.07) is 28.9. The van der Waals surface area contributed by atoms with Crippen LogP contribution < -0.4 is 0 Å². The molecule has 1 saturated heterocycles.